The third kappa shape index (κ3) is 5.37. The lowest BCUT2D eigenvalue weighted by atomic mass is 10.2. The molecule has 0 aliphatic rings. The van der Waals surface area contributed by atoms with Crippen LogP contribution < -0.4 is 15.4 Å². The molecule has 2 aromatic rings. The van der Waals surface area contributed by atoms with Crippen molar-refractivity contribution in [1.29, 1.82) is 0 Å². The highest BCUT2D eigenvalue weighted by Gasteiger charge is 2.10. The standard InChI is InChI=1S/C16H16Cl3N3O3/c1-25-16-10(6-11(17)7-14(16)19)9-20-4-5-21-15-3-2-12(22(23)24)8-13(15)18/h2-3,6-8,20-21H,4-5,9H2,1H3. The first-order valence-corrected chi connectivity index (χ1v) is 8.46. The second kappa shape index (κ2) is 9.10. The number of hydrogen-bond donors (Lipinski definition) is 2. The van der Waals surface area contributed by atoms with E-state index < -0.39 is 4.92 Å². The van der Waals surface area contributed by atoms with Crippen molar-refractivity contribution in [3.05, 3.63) is 61.1 Å². The van der Waals surface area contributed by atoms with E-state index in [1.165, 1.54) is 12.1 Å². The van der Waals surface area contributed by atoms with Gasteiger partial charge in [0.05, 0.1) is 27.8 Å². The summed E-state index contributed by atoms with van der Waals surface area (Å²) in [4.78, 5) is 10.2. The zero-order valence-corrected chi connectivity index (χ0v) is 15.6. The van der Waals surface area contributed by atoms with Gasteiger partial charge in [0.25, 0.3) is 5.69 Å². The Bertz CT molecular complexity index is 772. The molecular weight excluding hydrogens is 389 g/mol. The molecule has 0 unspecified atom stereocenters. The van der Waals surface area contributed by atoms with Crippen LogP contribution >= 0.6 is 34.8 Å². The van der Waals surface area contributed by atoms with E-state index >= 15 is 0 Å². The van der Waals surface area contributed by atoms with Crippen molar-refractivity contribution < 1.29 is 9.66 Å². The van der Waals surface area contributed by atoms with E-state index in [9.17, 15) is 10.1 Å². The number of ether oxygens (including phenoxy) is 1. The fourth-order valence-corrected chi connectivity index (χ4v) is 3.10. The minimum Gasteiger partial charge on any atom is -0.495 e. The van der Waals surface area contributed by atoms with Crippen LogP contribution in [0.4, 0.5) is 11.4 Å². The first-order valence-electron chi connectivity index (χ1n) is 7.33. The average Bonchev–Trinajstić information content (AvgIpc) is 2.55. The minimum absolute atomic E-state index is 0.0430. The number of hydrogen-bond acceptors (Lipinski definition) is 5. The number of methoxy groups -OCH3 is 1. The van der Waals surface area contributed by atoms with Crippen LogP contribution in [0.15, 0.2) is 30.3 Å². The van der Waals surface area contributed by atoms with E-state index in [4.69, 9.17) is 39.5 Å². The van der Waals surface area contributed by atoms with Crippen LogP contribution in [0, 0.1) is 10.1 Å². The van der Waals surface area contributed by atoms with Crippen molar-refractivity contribution in [3.63, 3.8) is 0 Å². The minimum atomic E-state index is -0.485. The monoisotopic (exact) mass is 403 g/mol. The summed E-state index contributed by atoms with van der Waals surface area (Å²) < 4.78 is 5.29. The van der Waals surface area contributed by atoms with Crippen molar-refractivity contribution >= 4 is 46.2 Å². The van der Waals surface area contributed by atoms with Gasteiger partial charge in [0, 0.05) is 42.4 Å². The quantitative estimate of drug-likeness (QED) is 0.377. The highest BCUT2D eigenvalue weighted by molar-refractivity contribution is 6.35. The topological polar surface area (TPSA) is 76.4 Å². The summed E-state index contributed by atoms with van der Waals surface area (Å²) in [6, 6.07) is 7.72. The highest BCUT2D eigenvalue weighted by atomic mass is 35.5. The third-order valence-corrected chi connectivity index (χ3v) is 4.20. The van der Waals surface area contributed by atoms with Gasteiger partial charge in [0.1, 0.15) is 5.75 Å². The molecule has 0 fully saturated rings. The summed E-state index contributed by atoms with van der Waals surface area (Å²) in [5.74, 6) is 0.588. The molecule has 2 aromatic carbocycles. The Balaban J connectivity index is 1.85. The number of nitro benzene ring substituents is 1. The molecule has 0 radical (unpaired) electrons. The molecular formula is C16H16Cl3N3O3. The van der Waals surface area contributed by atoms with Gasteiger partial charge in [0.2, 0.25) is 0 Å². The van der Waals surface area contributed by atoms with Gasteiger partial charge in [-0.15, -0.1) is 0 Å². The SMILES string of the molecule is COc1c(Cl)cc(Cl)cc1CNCCNc1ccc([N+](=O)[O-])cc1Cl. The zero-order chi connectivity index (χ0) is 18.4. The largest absolute Gasteiger partial charge is 0.495 e. The Labute approximate surface area is 160 Å². The zero-order valence-electron chi connectivity index (χ0n) is 13.3. The van der Waals surface area contributed by atoms with Crippen molar-refractivity contribution in [2.75, 3.05) is 25.5 Å². The van der Waals surface area contributed by atoms with E-state index in [0.29, 0.717) is 46.1 Å². The fourth-order valence-electron chi connectivity index (χ4n) is 2.24. The number of nitrogens with zero attached hydrogens (tertiary/aromatic N) is 1. The number of anilines is 1. The van der Waals surface area contributed by atoms with E-state index in [2.05, 4.69) is 10.6 Å². The smallest absolute Gasteiger partial charge is 0.271 e. The first-order chi connectivity index (χ1) is 11.9. The Morgan fingerprint density at radius 3 is 2.52 bits per heavy atom. The molecule has 0 bridgehead atoms. The first kappa shape index (κ1) is 19.6. The summed E-state index contributed by atoms with van der Waals surface area (Å²) in [7, 11) is 1.55. The lowest BCUT2D eigenvalue weighted by Gasteiger charge is -2.13. The summed E-state index contributed by atoms with van der Waals surface area (Å²) in [5, 5.41) is 18.3. The van der Waals surface area contributed by atoms with Crippen molar-refractivity contribution in [3.8, 4) is 5.75 Å². The molecule has 0 aromatic heterocycles. The maximum atomic E-state index is 10.7. The van der Waals surface area contributed by atoms with Crippen molar-refractivity contribution in [2.45, 2.75) is 6.54 Å². The van der Waals surface area contributed by atoms with E-state index in [-0.39, 0.29) is 5.69 Å². The number of halogens is 3. The maximum absolute atomic E-state index is 10.7. The lowest BCUT2D eigenvalue weighted by molar-refractivity contribution is -0.384. The van der Waals surface area contributed by atoms with Gasteiger partial charge in [-0.3, -0.25) is 10.1 Å². The Kier molecular flexibility index (Phi) is 7.13. The fraction of sp³-hybridized carbons (Fsp3) is 0.250. The molecule has 6 nitrogen and oxygen atoms in total. The van der Waals surface area contributed by atoms with Crippen LogP contribution in [0.2, 0.25) is 15.1 Å². The van der Waals surface area contributed by atoms with Crippen LogP contribution in [0.5, 0.6) is 5.75 Å². The predicted octanol–water partition coefficient (Wildman–Crippen LogP) is 4.77. The molecule has 134 valence electrons. The predicted molar refractivity (Wildman–Crippen MR) is 101 cm³/mol. The van der Waals surface area contributed by atoms with Gasteiger partial charge in [-0.1, -0.05) is 34.8 Å². The van der Waals surface area contributed by atoms with Crippen molar-refractivity contribution in [2.24, 2.45) is 0 Å². The third-order valence-electron chi connectivity index (χ3n) is 3.39. The number of non-ortho nitro benzene ring substituents is 1. The summed E-state index contributed by atoms with van der Waals surface area (Å²) in [5.41, 5.74) is 1.45. The molecule has 0 saturated carbocycles. The Morgan fingerprint density at radius 1 is 1.12 bits per heavy atom. The lowest BCUT2D eigenvalue weighted by Crippen LogP contribution is -2.22. The average molecular weight is 405 g/mol. The van der Waals surface area contributed by atoms with Crippen molar-refractivity contribution in [1.82, 2.24) is 5.32 Å². The molecule has 0 aliphatic carbocycles. The van der Waals surface area contributed by atoms with E-state index in [1.54, 1.807) is 25.3 Å². The van der Waals surface area contributed by atoms with Crippen LogP contribution in [0.25, 0.3) is 0 Å². The molecule has 0 spiro atoms. The molecule has 0 aliphatic heterocycles. The van der Waals surface area contributed by atoms with E-state index in [1.807, 2.05) is 0 Å². The van der Waals surface area contributed by atoms with Crippen LogP contribution in [0.3, 0.4) is 0 Å². The summed E-state index contributed by atoms with van der Waals surface area (Å²) >= 11 is 18.1. The molecule has 0 atom stereocenters. The number of nitrogens with one attached hydrogen (secondary N) is 2. The maximum Gasteiger partial charge on any atom is 0.271 e. The second-order valence-electron chi connectivity index (χ2n) is 5.10. The molecule has 25 heavy (non-hydrogen) atoms. The second-order valence-corrected chi connectivity index (χ2v) is 6.36. The van der Waals surface area contributed by atoms with Gasteiger partial charge < -0.3 is 15.4 Å². The van der Waals surface area contributed by atoms with Gasteiger partial charge in [-0.2, -0.15) is 0 Å². The summed E-state index contributed by atoms with van der Waals surface area (Å²) in [6.45, 7) is 1.73. The summed E-state index contributed by atoms with van der Waals surface area (Å²) in [6.07, 6.45) is 0. The molecule has 2 rings (SSSR count). The highest BCUT2D eigenvalue weighted by Crippen LogP contribution is 2.32. The normalized spacial score (nSPS) is 10.6. The molecule has 0 heterocycles. The van der Waals surface area contributed by atoms with Gasteiger partial charge in [-0.25, -0.2) is 0 Å². The molecule has 0 saturated heterocycles. The van der Waals surface area contributed by atoms with E-state index in [0.717, 1.165) is 5.56 Å². The number of rotatable bonds is 8. The van der Waals surface area contributed by atoms with Crippen LogP contribution in [-0.2, 0) is 6.54 Å². The molecule has 2 N–H and O–H groups in total. The van der Waals surface area contributed by atoms with Crippen LogP contribution in [0.1, 0.15) is 5.56 Å². The number of nitro groups is 1. The molecule has 9 heteroatoms. The Hall–Kier alpha value is -1.73. The van der Waals surface area contributed by atoms with Gasteiger partial charge >= 0.3 is 0 Å². The number of benzene rings is 2. The Morgan fingerprint density at radius 2 is 1.88 bits per heavy atom. The van der Waals surface area contributed by atoms with Gasteiger partial charge in [-0.05, 0) is 18.2 Å². The van der Waals surface area contributed by atoms with Crippen LogP contribution in [-0.4, -0.2) is 25.1 Å². The molecule has 0 amide bonds. The van der Waals surface area contributed by atoms with Gasteiger partial charge in [0.15, 0.2) is 0 Å².